The van der Waals surface area contributed by atoms with Crippen molar-refractivity contribution < 1.29 is 19.4 Å². The lowest BCUT2D eigenvalue weighted by Gasteiger charge is -2.11. The van der Waals surface area contributed by atoms with Crippen LogP contribution in [0.2, 0.25) is 0 Å². The highest BCUT2D eigenvalue weighted by Crippen LogP contribution is 2.26. The first-order valence-corrected chi connectivity index (χ1v) is 10.9. The number of allylic oxidation sites excluding steroid dienone is 1. The molecule has 0 radical (unpaired) electrons. The van der Waals surface area contributed by atoms with Gasteiger partial charge in [-0.3, -0.25) is 4.79 Å². The zero-order chi connectivity index (χ0) is 23.9. The molecule has 0 atom stereocenters. The number of phenols is 1. The molecule has 0 bridgehead atoms. The second kappa shape index (κ2) is 10.5. The Morgan fingerprint density at radius 2 is 1.82 bits per heavy atom. The largest absolute Gasteiger partial charge is 0.504 e. The van der Waals surface area contributed by atoms with Crippen molar-refractivity contribution in [3.8, 4) is 22.9 Å². The molecule has 0 saturated carbocycles. The number of ether oxygens (including phenoxy) is 2. The van der Waals surface area contributed by atoms with E-state index in [1.807, 2.05) is 66.2 Å². The number of phenolic OH excluding ortho intramolecular Hbond substituents is 1. The van der Waals surface area contributed by atoms with Crippen LogP contribution in [0.15, 0.2) is 85.3 Å². The second-order valence-electron chi connectivity index (χ2n) is 7.88. The van der Waals surface area contributed by atoms with E-state index < -0.39 is 0 Å². The van der Waals surface area contributed by atoms with Crippen molar-refractivity contribution in [2.45, 2.75) is 20.0 Å². The van der Waals surface area contributed by atoms with Crippen molar-refractivity contribution in [3.05, 3.63) is 108 Å². The number of methoxy groups -OCH3 is 1. The highest BCUT2D eigenvalue weighted by Gasteiger charge is 2.08. The molecule has 0 spiro atoms. The van der Waals surface area contributed by atoms with Crippen molar-refractivity contribution in [3.63, 3.8) is 0 Å². The van der Waals surface area contributed by atoms with E-state index in [0.29, 0.717) is 12.4 Å². The maximum absolute atomic E-state index is 12.6. The van der Waals surface area contributed by atoms with Crippen molar-refractivity contribution in [1.82, 2.24) is 9.55 Å². The molecule has 3 aromatic carbocycles. The molecule has 172 valence electrons. The quantitative estimate of drug-likeness (QED) is 0.348. The van der Waals surface area contributed by atoms with Crippen molar-refractivity contribution in [2.24, 2.45) is 0 Å². The number of aryl methyl sites for hydroxylation is 1. The molecule has 4 aromatic rings. The van der Waals surface area contributed by atoms with Crippen LogP contribution in [0.1, 0.15) is 22.4 Å². The minimum absolute atomic E-state index is 0.0350. The Morgan fingerprint density at radius 3 is 2.50 bits per heavy atom. The average molecular weight is 455 g/mol. The van der Waals surface area contributed by atoms with E-state index in [-0.39, 0.29) is 18.0 Å². The van der Waals surface area contributed by atoms with Gasteiger partial charge in [0.05, 0.1) is 19.1 Å². The summed E-state index contributed by atoms with van der Waals surface area (Å²) < 4.78 is 13.0. The van der Waals surface area contributed by atoms with E-state index in [9.17, 15) is 9.90 Å². The zero-order valence-corrected chi connectivity index (χ0v) is 19.1. The summed E-state index contributed by atoms with van der Waals surface area (Å²) in [5, 5.41) is 9.89. The van der Waals surface area contributed by atoms with Crippen LogP contribution in [0.3, 0.4) is 0 Å². The summed E-state index contributed by atoms with van der Waals surface area (Å²) in [6.07, 6.45) is 7.22. The average Bonchev–Trinajstić information content (AvgIpc) is 3.29. The van der Waals surface area contributed by atoms with Crippen LogP contribution in [0.25, 0.3) is 11.8 Å². The smallest absolute Gasteiger partial charge is 0.160 e. The Hall–Kier alpha value is -4.32. The first kappa shape index (κ1) is 22.9. The molecule has 0 amide bonds. The summed E-state index contributed by atoms with van der Waals surface area (Å²) >= 11 is 0. The van der Waals surface area contributed by atoms with Gasteiger partial charge >= 0.3 is 0 Å². The standard InChI is InChI=1S/C28H26N2O4/c1-20-17-30(19-29-20)24-9-12-26(13-10-24)34-18-23-6-4-3-5-22(23)16-25(31)11-7-21-8-14-28(33-2)27(32)15-21/h3-15,17,19,32H,16,18H2,1-2H3/b11-7+. The number of benzene rings is 3. The lowest BCUT2D eigenvalue weighted by molar-refractivity contribution is -0.113. The normalized spacial score (nSPS) is 11.0. The van der Waals surface area contributed by atoms with Gasteiger partial charge in [0.1, 0.15) is 12.4 Å². The van der Waals surface area contributed by atoms with Crippen LogP contribution in [-0.2, 0) is 17.8 Å². The fourth-order valence-electron chi connectivity index (χ4n) is 3.56. The Bertz CT molecular complexity index is 1310. The molecule has 1 aromatic heterocycles. The second-order valence-corrected chi connectivity index (χ2v) is 7.88. The molecule has 0 saturated heterocycles. The number of rotatable bonds is 9. The summed E-state index contributed by atoms with van der Waals surface area (Å²) in [5.74, 6) is 1.14. The van der Waals surface area contributed by atoms with Crippen molar-refractivity contribution in [2.75, 3.05) is 7.11 Å². The summed E-state index contributed by atoms with van der Waals surface area (Å²) in [6.45, 7) is 2.32. The third kappa shape index (κ3) is 5.72. The van der Waals surface area contributed by atoms with Crippen molar-refractivity contribution in [1.29, 1.82) is 0 Å². The molecule has 0 aliphatic heterocycles. The van der Waals surface area contributed by atoms with Gasteiger partial charge in [0.25, 0.3) is 0 Å². The maximum Gasteiger partial charge on any atom is 0.160 e. The van der Waals surface area contributed by atoms with Crippen molar-refractivity contribution >= 4 is 11.9 Å². The number of hydrogen-bond donors (Lipinski definition) is 1. The lowest BCUT2D eigenvalue weighted by Crippen LogP contribution is -2.05. The number of aromatic nitrogens is 2. The van der Waals surface area contributed by atoms with Gasteiger partial charge in [0, 0.05) is 18.3 Å². The van der Waals surface area contributed by atoms with Gasteiger partial charge in [0.2, 0.25) is 0 Å². The van der Waals surface area contributed by atoms with Gasteiger partial charge in [0.15, 0.2) is 17.3 Å². The van der Waals surface area contributed by atoms with Gasteiger partial charge in [-0.25, -0.2) is 4.98 Å². The number of carbonyl (C=O) groups excluding carboxylic acids is 1. The topological polar surface area (TPSA) is 73.6 Å². The number of ketones is 1. The molecule has 6 nitrogen and oxygen atoms in total. The molecule has 4 rings (SSSR count). The van der Waals surface area contributed by atoms with Gasteiger partial charge in [-0.2, -0.15) is 0 Å². The van der Waals surface area contributed by atoms with Gasteiger partial charge in [-0.15, -0.1) is 0 Å². The predicted molar refractivity (Wildman–Crippen MR) is 131 cm³/mol. The van der Waals surface area contributed by atoms with E-state index >= 15 is 0 Å². The Kier molecular flexibility index (Phi) is 7.08. The summed E-state index contributed by atoms with van der Waals surface area (Å²) in [6, 6.07) is 20.6. The number of nitrogens with zero attached hydrogens (tertiary/aromatic N) is 2. The van der Waals surface area contributed by atoms with Crippen LogP contribution >= 0.6 is 0 Å². The van der Waals surface area contributed by atoms with E-state index in [2.05, 4.69) is 4.98 Å². The minimum atomic E-state index is -0.0391. The van der Waals surface area contributed by atoms with E-state index in [1.165, 1.54) is 13.2 Å². The third-order valence-electron chi connectivity index (χ3n) is 5.39. The first-order chi connectivity index (χ1) is 16.5. The molecule has 1 heterocycles. The van der Waals surface area contributed by atoms with E-state index in [4.69, 9.17) is 9.47 Å². The van der Waals surface area contributed by atoms with Crippen LogP contribution in [-0.4, -0.2) is 27.6 Å². The van der Waals surface area contributed by atoms with E-state index in [1.54, 1.807) is 30.6 Å². The number of imidazole rings is 1. The molecular weight excluding hydrogens is 428 g/mol. The van der Waals surface area contributed by atoms with E-state index in [0.717, 1.165) is 33.8 Å². The number of hydrogen-bond acceptors (Lipinski definition) is 5. The first-order valence-electron chi connectivity index (χ1n) is 10.9. The number of carbonyl (C=O) groups is 1. The van der Waals surface area contributed by atoms with Gasteiger partial charge in [-0.1, -0.05) is 36.4 Å². The Morgan fingerprint density at radius 1 is 1.06 bits per heavy atom. The molecule has 0 aliphatic carbocycles. The minimum Gasteiger partial charge on any atom is -0.504 e. The Labute approximate surface area is 198 Å². The lowest BCUT2D eigenvalue weighted by atomic mass is 10.0. The molecular formula is C28H26N2O4. The van der Waals surface area contributed by atoms with Crippen LogP contribution in [0, 0.1) is 6.92 Å². The predicted octanol–water partition coefficient (Wildman–Crippen LogP) is 5.30. The third-order valence-corrected chi connectivity index (χ3v) is 5.39. The zero-order valence-electron chi connectivity index (χ0n) is 19.1. The molecule has 0 unspecified atom stereocenters. The molecule has 0 fully saturated rings. The van der Waals surface area contributed by atoms with Gasteiger partial charge < -0.3 is 19.1 Å². The SMILES string of the molecule is COc1ccc(/C=C/C(=O)Cc2ccccc2COc2ccc(-n3cnc(C)c3)cc2)cc1O. The highest BCUT2D eigenvalue weighted by molar-refractivity contribution is 5.95. The number of aromatic hydroxyl groups is 1. The molecule has 6 heteroatoms. The molecule has 0 aliphatic rings. The fraction of sp³-hybridized carbons (Fsp3) is 0.143. The van der Waals surface area contributed by atoms with Gasteiger partial charge in [-0.05, 0) is 66.1 Å². The monoisotopic (exact) mass is 454 g/mol. The molecule has 1 N–H and O–H groups in total. The highest BCUT2D eigenvalue weighted by atomic mass is 16.5. The molecule has 34 heavy (non-hydrogen) atoms. The fourth-order valence-corrected chi connectivity index (χ4v) is 3.56. The summed E-state index contributed by atoms with van der Waals surface area (Å²) in [4.78, 5) is 16.8. The summed E-state index contributed by atoms with van der Waals surface area (Å²) in [7, 11) is 1.49. The summed E-state index contributed by atoms with van der Waals surface area (Å²) in [5.41, 5.74) is 4.57. The van der Waals surface area contributed by atoms with Crippen LogP contribution < -0.4 is 9.47 Å². The van der Waals surface area contributed by atoms with Crippen LogP contribution in [0.4, 0.5) is 0 Å². The van der Waals surface area contributed by atoms with Crippen LogP contribution in [0.5, 0.6) is 17.2 Å². The maximum atomic E-state index is 12.6. The Balaban J connectivity index is 1.38.